The highest BCUT2D eigenvalue weighted by molar-refractivity contribution is 5.85. The van der Waals surface area contributed by atoms with Crippen LogP contribution in [0.1, 0.15) is 19.8 Å². The number of rotatable bonds is 3. The minimum absolute atomic E-state index is 0.121. The van der Waals surface area contributed by atoms with Gasteiger partial charge in [-0.25, -0.2) is 4.79 Å². The molecule has 0 spiro atoms. The number of carbonyl (C=O) groups excluding carboxylic acids is 2. The molecule has 2 atom stereocenters. The molecule has 0 saturated carbocycles. The van der Waals surface area contributed by atoms with Crippen LogP contribution in [0.4, 0.5) is 4.79 Å². The fourth-order valence-corrected chi connectivity index (χ4v) is 2.04. The summed E-state index contributed by atoms with van der Waals surface area (Å²) in [6, 6.07) is -1.03. The number of carboxylic acid groups (broad SMARTS) is 1. The van der Waals surface area contributed by atoms with Crippen molar-refractivity contribution in [3.63, 3.8) is 0 Å². The molecule has 0 aromatic heterocycles. The number of piperidine rings is 1. The van der Waals surface area contributed by atoms with Crippen LogP contribution < -0.4 is 5.32 Å². The Morgan fingerprint density at radius 2 is 2.00 bits per heavy atom. The van der Waals surface area contributed by atoms with Crippen LogP contribution in [-0.2, 0) is 9.59 Å². The topological polar surface area (TPSA) is 90.0 Å². The van der Waals surface area contributed by atoms with Crippen LogP contribution in [-0.4, -0.2) is 66.0 Å². The van der Waals surface area contributed by atoms with Crippen LogP contribution in [0.5, 0.6) is 0 Å². The average molecular weight is 271 g/mol. The van der Waals surface area contributed by atoms with Gasteiger partial charge in [0.15, 0.2) is 0 Å². The highest BCUT2D eigenvalue weighted by Crippen LogP contribution is 2.17. The van der Waals surface area contributed by atoms with Crippen molar-refractivity contribution in [2.75, 3.05) is 27.2 Å². The Morgan fingerprint density at radius 1 is 1.37 bits per heavy atom. The molecule has 19 heavy (non-hydrogen) atoms. The molecule has 0 radical (unpaired) electrons. The quantitative estimate of drug-likeness (QED) is 0.754. The van der Waals surface area contributed by atoms with Gasteiger partial charge in [-0.3, -0.25) is 9.59 Å². The van der Waals surface area contributed by atoms with Gasteiger partial charge in [0, 0.05) is 27.2 Å². The Balaban J connectivity index is 2.57. The van der Waals surface area contributed by atoms with E-state index in [1.807, 2.05) is 0 Å². The predicted octanol–water partition coefficient (Wildman–Crippen LogP) is -0.0307. The van der Waals surface area contributed by atoms with Crippen LogP contribution in [0.3, 0.4) is 0 Å². The summed E-state index contributed by atoms with van der Waals surface area (Å²) in [5.41, 5.74) is 0. The normalized spacial score (nSPS) is 20.6. The number of hydrogen-bond acceptors (Lipinski definition) is 3. The third-order valence-electron chi connectivity index (χ3n) is 3.17. The van der Waals surface area contributed by atoms with Crippen LogP contribution in [0, 0.1) is 5.92 Å². The number of amides is 3. The van der Waals surface area contributed by atoms with E-state index < -0.39 is 12.0 Å². The summed E-state index contributed by atoms with van der Waals surface area (Å²) in [7, 11) is 3.33. The fourth-order valence-electron chi connectivity index (χ4n) is 2.04. The van der Waals surface area contributed by atoms with E-state index in [1.165, 1.54) is 11.8 Å². The zero-order valence-electron chi connectivity index (χ0n) is 11.5. The standard InChI is InChI=1S/C12H21N3O4/c1-8(11(17)18)13-10(16)9-5-4-6-15(7-9)12(19)14(2)3/h8-9H,4-7H2,1-3H3,(H,13,16)(H,17,18)/t8-,9?/m0/s1. The third-order valence-corrected chi connectivity index (χ3v) is 3.17. The van der Waals surface area contributed by atoms with Crippen molar-refractivity contribution in [3.8, 4) is 0 Å². The number of hydrogen-bond donors (Lipinski definition) is 2. The molecule has 1 aliphatic rings. The number of nitrogens with zero attached hydrogens (tertiary/aromatic N) is 2. The van der Waals surface area contributed by atoms with Crippen molar-refractivity contribution in [3.05, 3.63) is 0 Å². The van der Waals surface area contributed by atoms with Gasteiger partial charge >= 0.3 is 12.0 Å². The highest BCUT2D eigenvalue weighted by atomic mass is 16.4. The minimum Gasteiger partial charge on any atom is -0.480 e. The Labute approximate surface area is 112 Å². The molecule has 7 heteroatoms. The zero-order valence-corrected chi connectivity index (χ0v) is 11.5. The summed E-state index contributed by atoms with van der Waals surface area (Å²) in [6.07, 6.45) is 1.43. The van der Waals surface area contributed by atoms with Crippen molar-refractivity contribution in [2.45, 2.75) is 25.8 Å². The first-order valence-corrected chi connectivity index (χ1v) is 6.32. The molecular weight excluding hydrogens is 250 g/mol. The summed E-state index contributed by atoms with van der Waals surface area (Å²) in [5.74, 6) is -1.70. The van der Waals surface area contributed by atoms with Gasteiger partial charge in [-0.1, -0.05) is 0 Å². The van der Waals surface area contributed by atoms with Gasteiger partial charge in [-0.15, -0.1) is 0 Å². The van der Waals surface area contributed by atoms with Gasteiger partial charge in [-0.05, 0) is 19.8 Å². The number of nitrogens with one attached hydrogen (secondary N) is 1. The lowest BCUT2D eigenvalue weighted by Gasteiger charge is -2.33. The molecule has 0 aromatic carbocycles. The van der Waals surface area contributed by atoms with E-state index in [9.17, 15) is 14.4 Å². The maximum atomic E-state index is 11.9. The summed E-state index contributed by atoms with van der Waals surface area (Å²) >= 11 is 0. The first kappa shape index (κ1) is 15.3. The molecular formula is C12H21N3O4. The number of likely N-dealkylation sites (tertiary alicyclic amines) is 1. The largest absolute Gasteiger partial charge is 0.480 e. The monoisotopic (exact) mass is 271 g/mol. The summed E-state index contributed by atoms with van der Waals surface area (Å²) in [5, 5.41) is 11.2. The van der Waals surface area contributed by atoms with E-state index in [1.54, 1.807) is 19.0 Å². The summed E-state index contributed by atoms with van der Waals surface area (Å²) in [4.78, 5) is 37.5. The Kier molecular flexibility index (Phi) is 5.14. The minimum atomic E-state index is -1.06. The fraction of sp³-hybridized carbons (Fsp3) is 0.750. The van der Waals surface area contributed by atoms with Gasteiger partial charge in [0.05, 0.1) is 5.92 Å². The molecule has 2 N–H and O–H groups in total. The van der Waals surface area contributed by atoms with E-state index >= 15 is 0 Å². The molecule has 0 aromatic rings. The second-order valence-corrected chi connectivity index (χ2v) is 5.03. The Bertz CT molecular complexity index is 370. The van der Waals surface area contributed by atoms with Crippen molar-refractivity contribution in [1.29, 1.82) is 0 Å². The molecule has 1 unspecified atom stereocenters. The maximum absolute atomic E-state index is 11.9. The maximum Gasteiger partial charge on any atom is 0.325 e. The van der Waals surface area contributed by atoms with Crippen molar-refractivity contribution in [1.82, 2.24) is 15.1 Å². The second kappa shape index (κ2) is 6.40. The van der Waals surface area contributed by atoms with E-state index in [0.717, 1.165) is 6.42 Å². The summed E-state index contributed by atoms with van der Waals surface area (Å²) in [6.45, 7) is 2.40. The Morgan fingerprint density at radius 3 is 2.53 bits per heavy atom. The summed E-state index contributed by atoms with van der Waals surface area (Å²) < 4.78 is 0. The van der Waals surface area contributed by atoms with Crippen LogP contribution in [0.15, 0.2) is 0 Å². The van der Waals surface area contributed by atoms with E-state index in [0.29, 0.717) is 19.5 Å². The second-order valence-electron chi connectivity index (χ2n) is 5.03. The van der Waals surface area contributed by atoms with E-state index in [2.05, 4.69) is 5.32 Å². The number of carbonyl (C=O) groups is 3. The zero-order chi connectivity index (χ0) is 14.6. The van der Waals surface area contributed by atoms with Gasteiger partial charge in [0.1, 0.15) is 6.04 Å². The van der Waals surface area contributed by atoms with Crippen LogP contribution in [0.2, 0.25) is 0 Å². The lowest BCUT2D eigenvalue weighted by atomic mass is 9.97. The molecule has 0 bridgehead atoms. The average Bonchev–Trinajstić information content (AvgIpc) is 2.37. The number of aliphatic carboxylic acids is 1. The third kappa shape index (κ3) is 4.11. The van der Waals surface area contributed by atoms with Gasteiger partial charge in [-0.2, -0.15) is 0 Å². The van der Waals surface area contributed by atoms with Crippen molar-refractivity contribution < 1.29 is 19.5 Å². The number of urea groups is 1. The van der Waals surface area contributed by atoms with Crippen molar-refractivity contribution >= 4 is 17.9 Å². The first-order chi connectivity index (χ1) is 8.82. The molecule has 1 rings (SSSR count). The van der Waals surface area contributed by atoms with E-state index in [-0.39, 0.29) is 17.9 Å². The van der Waals surface area contributed by atoms with Gasteiger partial charge in [0.25, 0.3) is 0 Å². The number of carboxylic acids is 1. The Hall–Kier alpha value is -1.79. The molecule has 1 aliphatic heterocycles. The molecule has 1 fully saturated rings. The predicted molar refractivity (Wildman–Crippen MR) is 68.6 cm³/mol. The van der Waals surface area contributed by atoms with Gasteiger partial charge < -0.3 is 20.2 Å². The van der Waals surface area contributed by atoms with Crippen molar-refractivity contribution in [2.24, 2.45) is 5.92 Å². The SMILES string of the molecule is C[C@H](NC(=O)C1CCCN(C(=O)N(C)C)C1)C(=O)O. The van der Waals surface area contributed by atoms with E-state index in [4.69, 9.17) is 5.11 Å². The first-order valence-electron chi connectivity index (χ1n) is 6.32. The molecule has 1 saturated heterocycles. The van der Waals surface area contributed by atoms with Gasteiger partial charge in [0.2, 0.25) is 5.91 Å². The lowest BCUT2D eigenvalue weighted by molar-refractivity contribution is -0.142. The lowest BCUT2D eigenvalue weighted by Crippen LogP contribution is -2.50. The molecule has 3 amide bonds. The molecule has 1 heterocycles. The molecule has 108 valence electrons. The molecule has 7 nitrogen and oxygen atoms in total. The highest BCUT2D eigenvalue weighted by Gasteiger charge is 2.30. The van der Waals surface area contributed by atoms with Crippen LogP contribution >= 0.6 is 0 Å². The smallest absolute Gasteiger partial charge is 0.325 e. The van der Waals surface area contributed by atoms with Crippen LogP contribution in [0.25, 0.3) is 0 Å². The molecule has 0 aliphatic carbocycles.